The molecule has 4 heterocycles. The van der Waals surface area contributed by atoms with Crippen LogP contribution in [0.15, 0.2) is 24.3 Å². The summed E-state index contributed by atoms with van der Waals surface area (Å²) < 4.78 is 18.4. The minimum Gasteiger partial charge on any atom is -0.508 e. The van der Waals surface area contributed by atoms with Crippen molar-refractivity contribution in [1.29, 1.82) is 0 Å². The van der Waals surface area contributed by atoms with E-state index >= 15 is 0 Å². The standard InChI is InChI=1S/C33H48N2O9/c1-19(2)18-26(29(39)34-17-15-22-7-9-23(36)10-8-22)35-27(37)12-13-28(38)40-30-21(4)25-11-6-20(3)24-14-16-32(5)42-31(41-30)33(24,25)44-43-32/h7-10,19-21,24-26,30-31,36H,6,11-18H2,1-5H3,(H,34,39)(H,35,37)/t20-,21-,24+,25+,26+,30-,31-,32?,33-/m1/s1. The highest BCUT2D eigenvalue weighted by atomic mass is 17.3. The number of ether oxygens (including phenoxy) is 3. The predicted molar refractivity (Wildman–Crippen MR) is 158 cm³/mol. The third-order valence-corrected chi connectivity index (χ3v) is 9.91. The molecule has 9 atom stereocenters. The number of esters is 1. The Morgan fingerprint density at radius 1 is 1.05 bits per heavy atom. The summed E-state index contributed by atoms with van der Waals surface area (Å²) in [5.41, 5.74) is 0.231. The number of amides is 2. The van der Waals surface area contributed by atoms with Gasteiger partial charge in [0.15, 0.2) is 11.9 Å². The topological polar surface area (TPSA) is 142 Å². The Morgan fingerprint density at radius 3 is 2.52 bits per heavy atom. The molecule has 3 N–H and O–H groups in total. The fourth-order valence-corrected chi connectivity index (χ4v) is 7.50. The van der Waals surface area contributed by atoms with E-state index in [-0.39, 0.29) is 48.2 Å². The van der Waals surface area contributed by atoms with E-state index in [1.165, 1.54) is 0 Å². The number of aromatic hydroxyl groups is 1. The number of hydrogen-bond acceptors (Lipinski definition) is 9. The molecule has 44 heavy (non-hydrogen) atoms. The number of carbonyl (C=O) groups excluding carboxylic acids is 3. The van der Waals surface area contributed by atoms with Crippen molar-refractivity contribution in [3.63, 3.8) is 0 Å². The van der Waals surface area contributed by atoms with Gasteiger partial charge in [0.2, 0.25) is 23.9 Å². The van der Waals surface area contributed by atoms with Gasteiger partial charge >= 0.3 is 5.97 Å². The molecule has 5 fully saturated rings. The van der Waals surface area contributed by atoms with Crippen LogP contribution in [-0.4, -0.2) is 59.4 Å². The SMILES string of the molecule is CC(C)C[C@H](NC(=O)CCC(=O)O[C@@H]1O[C@@H]2OC3(C)CC[C@H]4[C@H](C)CC[C@@H]([C@H]1C)[C@@]24OO3)C(=O)NCCc1ccc(O)cc1. The molecule has 1 saturated carbocycles. The number of fused-ring (bicyclic) bond motifs is 2. The number of rotatable bonds is 11. The van der Waals surface area contributed by atoms with Crippen LogP contribution in [0.2, 0.25) is 0 Å². The molecule has 0 aromatic heterocycles. The highest BCUT2D eigenvalue weighted by molar-refractivity contribution is 5.88. The molecule has 4 saturated heterocycles. The second-order valence-corrected chi connectivity index (χ2v) is 13.7. The maximum absolute atomic E-state index is 13.0. The van der Waals surface area contributed by atoms with Gasteiger partial charge < -0.3 is 30.0 Å². The molecule has 1 aliphatic carbocycles. The summed E-state index contributed by atoms with van der Waals surface area (Å²) in [6.07, 6.45) is 2.77. The van der Waals surface area contributed by atoms with Crippen molar-refractivity contribution in [2.75, 3.05) is 6.54 Å². The zero-order chi connectivity index (χ0) is 31.6. The Balaban J connectivity index is 1.13. The van der Waals surface area contributed by atoms with Gasteiger partial charge in [0.1, 0.15) is 11.8 Å². The second kappa shape index (κ2) is 13.3. The van der Waals surface area contributed by atoms with Crippen LogP contribution in [0.5, 0.6) is 5.75 Å². The molecule has 5 aliphatic rings. The fraction of sp³-hybridized carbons (Fsp3) is 0.727. The van der Waals surface area contributed by atoms with Crippen molar-refractivity contribution in [3.05, 3.63) is 29.8 Å². The highest BCUT2D eigenvalue weighted by Gasteiger charge is 2.69. The molecule has 11 heteroatoms. The lowest BCUT2D eigenvalue weighted by atomic mass is 9.58. The van der Waals surface area contributed by atoms with Gasteiger partial charge in [-0.15, -0.1) is 0 Å². The second-order valence-electron chi connectivity index (χ2n) is 13.7. The van der Waals surface area contributed by atoms with Crippen molar-refractivity contribution in [3.8, 4) is 5.75 Å². The zero-order valence-corrected chi connectivity index (χ0v) is 26.5. The number of phenols is 1. The lowest BCUT2D eigenvalue weighted by Crippen LogP contribution is -2.70. The normalized spacial score (nSPS) is 34.9. The van der Waals surface area contributed by atoms with Crippen LogP contribution < -0.4 is 10.6 Å². The average Bonchev–Trinajstić information content (AvgIpc) is 3.20. The molecule has 244 valence electrons. The minimum atomic E-state index is -0.922. The third kappa shape index (κ3) is 6.90. The van der Waals surface area contributed by atoms with Gasteiger partial charge in [-0.25, -0.2) is 9.78 Å². The summed E-state index contributed by atoms with van der Waals surface area (Å²) >= 11 is 0. The van der Waals surface area contributed by atoms with Gasteiger partial charge in [0.25, 0.3) is 0 Å². The molecule has 1 spiro atoms. The zero-order valence-electron chi connectivity index (χ0n) is 26.5. The van der Waals surface area contributed by atoms with Crippen LogP contribution >= 0.6 is 0 Å². The monoisotopic (exact) mass is 616 g/mol. The number of phenolic OH excluding ortho intramolecular Hbond substituents is 1. The summed E-state index contributed by atoms with van der Waals surface area (Å²) in [6, 6.07) is 6.09. The first-order valence-electron chi connectivity index (χ1n) is 16.1. The molecular formula is C33H48N2O9. The molecule has 1 aromatic carbocycles. The van der Waals surface area contributed by atoms with E-state index in [0.29, 0.717) is 31.7 Å². The van der Waals surface area contributed by atoms with Gasteiger partial charge in [0.05, 0.1) is 6.42 Å². The van der Waals surface area contributed by atoms with Crippen LogP contribution in [0.4, 0.5) is 0 Å². The third-order valence-electron chi connectivity index (χ3n) is 9.91. The van der Waals surface area contributed by atoms with E-state index in [4.69, 9.17) is 24.0 Å². The van der Waals surface area contributed by atoms with E-state index < -0.39 is 41.9 Å². The molecule has 2 amide bonds. The van der Waals surface area contributed by atoms with Gasteiger partial charge in [-0.1, -0.05) is 39.8 Å². The minimum absolute atomic E-state index is 0.0237. The summed E-state index contributed by atoms with van der Waals surface area (Å²) in [6.45, 7) is 10.4. The highest BCUT2D eigenvalue weighted by Crippen LogP contribution is 2.60. The molecule has 2 bridgehead atoms. The summed E-state index contributed by atoms with van der Waals surface area (Å²) in [7, 11) is 0. The van der Waals surface area contributed by atoms with E-state index in [9.17, 15) is 19.5 Å². The molecule has 4 aliphatic heterocycles. The lowest BCUT2D eigenvalue weighted by molar-refractivity contribution is -0.576. The predicted octanol–water partition coefficient (Wildman–Crippen LogP) is 4.11. The van der Waals surface area contributed by atoms with Crippen LogP contribution in [-0.2, 0) is 44.8 Å². The lowest BCUT2D eigenvalue weighted by Gasteiger charge is -2.59. The van der Waals surface area contributed by atoms with Crippen LogP contribution in [0.3, 0.4) is 0 Å². The maximum atomic E-state index is 13.0. The van der Waals surface area contributed by atoms with E-state index in [0.717, 1.165) is 24.8 Å². The van der Waals surface area contributed by atoms with Crippen molar-refractivity contribution in [2.24, 2.45) is 29.6 Å². The summed E-state index contributed by atoms with van der Waals surface area (Å²) in [4.78, 5) is 50.7. The molecule has 11 nitrogen and oxygen atoms in total. The van der Waals surface area contributed by atoms with Gasteiger partial charge in [-0.05, 0) is 74.5 Å². The Morgan fingerprint density at radius 2 is 1.80 bits per heavy atom. The summed E-state index contributed by atoms with van der Waals surface area (Å²) in [5.74, 6) is -1.28. The van der Waals surface area contributed by atoms with Gasteiger partial charge in [-0.3, -0.25) is 14.4 Å². The molecule has 1 aromatic rings. The van der Waals surface area contributed by atoms with Crippen molar-refractivity contribution < 1.29 is 43.5 Å². The van der Waals surface area contributed by atoms with Crippen LogP contribution in [0.1, 0.15) is 85.1 Å². The Bertz CT molecular complexity index is 1190. The smallest absolute Gasteiger partial charge is 0.308 e. The first-order valence-corrected chi connectivity index (χ1v) is 16.1. The van der Waals surface area contributed by atoms with Crippen LogP contribution in [0, 0.1) is 29.6 Å². The van der Waals surface area contributed by atoms with E-state index in [1.807, 2.05) is 27.7 Å². The summed E-state index contributed by atoms with van der Waals surface area (Å²) in [5, 5.41) is 15.1. The van der Waals surface area contributed by atoms with Crippen LogP contribution in [0.25, 0.3) is 0 Å². The van der Waals surface area contributed by atoms with Crippen molar-refractivity contribution >= 4 is 17.8 Å². The molecule has 6 rings (SSSR count). The van der Waals surface area contributed by atoms with Gasteiger partial charge in [0, 0.05) is 31.2 Å². The number of carbonyl (C=O) groups is 3. The van der Waals surface area contributed by atoms with E-state index in [2.05, 4.69) is 17.6 Å². The van der Waals surface area contributed by atoms with Gasteiger partial charge in [-0.2, -0.15) is 0 Å². The first-order chi connectivity index (χ1) is 20.9. The number of hydrogen-bond donors (Lipinski definition) is 3. The maximum Gasteiger partial charge on any atom is 0.308 e. The van der Waals surface area contributed by atoms with Crippen molar-refractivity contribution in [1.82, 2.24) is 10.6 Å². The number of benzene rings is 1. The van der Waals surface area contributed by atoms with E-state index in [1.54, 1.807) is 24.3 Å². The Hall–Kier alpha value is -2.73. The molecule has 0 radical (unpaired) electrons. The Labute approximate surface area is 259 Å². The Kier molecular flexibility index (Phi) is 9.89. The van der Waals surface area contributed by atoms with Crippen molar-refractivity contribution in [2.45, 2.75) is 116 Å². The number of nitrogens with one attached hydrogen (secondary N) is 2. The first kappa shape index (κ1) is 32.7. The fourth-order valence-electron chi connectivity index (χ4n) is 7.50. The largest absolute Gasteiger partial charge is 0.508 e. The molecule has 1 unspecified atom stereocenters. The molecular weight excluding hydrogens is 568 g/mol. The average molecular weight is 617 g/mol. The quantitative estimate of drug-likeness (QED) is 0.247.